The lowest BCUT2D eigenvalue weighted by Crippen LogP contribution is -2.50. The fourth-order valence-electron chi connectivity index (χ4n) is 3.54. The Bertz CT molecular complexity index is 1010. The minimum atomic E-state index is 0.00520. The number of hydrogen-bond donors (Lipinski definition) is 0. The van der Waals surface area contributed by atoms with Gasteiger partial charge in [0.15, 0.2) is 0 Å². The number of benzene rings is 3. The standard InChI is InChI=1S/C24H21BrN2O2/c25-22-8-4-7-21(17-22)24(29)27-15-13-26(14-16-27)23(28)20-11-9-19(10-12-20)18-5-2-1-3-6-18/h1-12,17H,13-16H2. The van der Waals surface area contributed by atoms with Gasteiger partial charge in [0.2, 0.25) is 0 Å². The number of halogens is 1. The molecule has 0 radical (unpaired) electrons. The lowest BCUT2D eigenvalue weighted by Gasteiger charge is -2.35. The molecule has 0 bridgehead atoms. The Morgan fingerprint density at radius 3 is 1.76 bits per heavy atom. The first-order valence-electron chi connectivity index (χ1n) is 9.61. The van der Waals surface area contributed by atoms with Crippen LogP contribution in [-0.4, -0.2) is 47.8 Å². The molecule has 0 N–H and O–H groups in total. The minimum absolute atomic E-state index is 0.00520. The van der Waals surface area contributed by atoms with E-state index >= 15 is 0 Å². The Labute approximate surface area is 178 Å². The summed E-state index contributed by atoms with van der Waals surface area (Å²) in [5.41, 5.74) is 3.56. The van der Waals surface area contributed by atoms with Crippen LogP contribution in [0.15, 0.2) is 83.3 Å². The predicted octanol–water partition coefficient (Wildman–Crippen LogP) is 4.71. The highest BCUT2D eigenvalue weighted by molar-refractivity contribution is 9.10. The van der Waals surface area contributed by atoms with Gasteiger partial charge in [0.1, 0.15) is 0 Å². The fraction of sp³-hybridized carbons (Fsp3) is 0.167. The number of rotatable bonds is 3. The van der Waals surface area contributed by atoms with Crippen molar-refractivity contribution < 1.29 is 9.59 Å². The molecule has 0 spiro atoms. The van der Waals surface area contributed by atoms with Gasteiger partial charge < -0.3 is 9.80 Å². The van der Waals surface area contributed by atoms with Crippen molar-refractivity contribution in [3.8, 4) is 11.1 Å². The van der Waals surface area contributed by atoms with Gasteiger partial charge in [-0.05, 0) is 41.5 Å². The van der Waals surface area contributed by atoms with Crippen LogP contribution in [0.25, 0.3) is 11.1 Å². The van der Waals surface area contributed by atoms with Gasteiger partial charge in [-0.3, -0.25) is 9.59 Å². The molecule has 4 rings (SSSR count). The first kappa shape index (κ1) is 19.4. The van der Waals surface area contributed by atoms with Crippen molar-refractivity contribution in [2.24, 2.45) is 0 Å². The zero-order valence-electron chi connectivity index (χ0n) is 15.9. The van der Waals surface area contributed by atoms with Gasteiger partial charge in [0.25, 0.3) is 11.8 Å². The Morgan fingerprint density at radius 2 is 1.17 bits per heavy atom. The minimum Gasteiger partial charge on any atom is -0.335 e. The summed E-state index contributed by atoms with van der Waals surface area (Å²) in [5.74, 6) is 0.0183. The second kappa shape index (κ2) is 8.62. The van der Waals surface area contributed by atoms with E-state index in [-0.39, 0.29) is 11.8 Å². The Balaban J connectivity index is 1.38. The molecular weight excluding hydrogens is 428 g/mol. The molecule has 0 aliphatic carbocycles. The van der Waals surface area contributed by atoms with E-state index in [1.807, 2.05) is 76.5 Å². The van der Waals surface area contributed by atoms with Crippen LogP contribution in [-0.2, 0) is 0 Å². The van der Waals surface area contributed by atoms with E-state index in [1.54, 1.807) is 0 Å². The molecule has 4 nitrogen and oxygen atoms in total. The van der Waals surface area contributed by atoms with Gasteiger partial charge in [0.05, 0.1) is 0 Å². The van der Waals surface area contributed by atoms with Gasteiger partial charge in [0, 0.05) is 41.8 Å². The molecular formula is C24H21BrN2O2. The number of piperazine rings is 1. The third-order valence-corrected chi connectivity index (χ3v) is 5.66. The molecule has 1 fully saturated rings. The van der Waals surface area contributed by atoms with Crippen molar-refractivity contribution in [3.05, 3.63) is 94.5 Å². The predicted molar refractivity (Wildman–Crippen MR) is 118 cm³/mol. The third kappa shape index (κ3) is 4.40. The lowest BCUT2D eigenvalue weighted by molar-refractivity contribution is 0.0535. The molecule has 146 valence electrons. The lowest BCUT2D eigenvalue weighted by atomic mass is 10.0. The zero-order valence-corrected chi connectivity index (χ0v) is 17.5. The molecule has 0 atom stereocenters. The fourth-order valence-corrected chi connectivity index (χ4v) is 3.93. The average Bonchev–Trinajstić information content (AvgIpc) is 2.79. The normalized spacial score (nSPS) is 14.0. The van der Waals surface area contributed by atoms with Crippen LogP contribution in [0, 0.1) is 0 Å². The number of nitrogens with zero attached hydrogens (tertiary/aromatic N) is 2. The number of carbonyl (C=O) groups excluding carboxylic acids is 2. The molecule has 5 heteroatoms. The summed E-state index contributed by atoms with van der Waals surface area (Å²) < 4.78 is 0.885. The van der Waals surface area contributed by atoms with Gasteiger partial charge in [-0.25, -0.2) is 0 Å². The summed E-state index contributed by atoms with van der Waals surface area (Å²) in [6.45, 7) is 2.16. The van der Waals surface area contributed by atoms with Crippen LogP contribution in [0.2, 0.25) is 0 Å². The SMILES string of the molecule is O=C(c1ccc(-c2ccccc2)cc1)N1CCN(C(=O)c2cccc(Br)c2)CC1. The van der Waals surface area contributed by atoms with E-state index in [0.29, 0.717) is 37.3 Å². The number of amides is 2. The summed E-state index contributed by atoms with van der Waals surface area (Å²) in [6, 6.07) is 25.2. The van der Waals surface area contributed by atoms with Crippen LogP contribution in [0.1, 0.15) is 20.7 Å². The molecule has 1 aliphatic rings. The Morgan fingerprint density at radius 1 is 0.621 bits per heavy atom. The van der Waals surface area contributed by atoms with Gasteiger partial charge in [-0.2, -0.15) is 0 Å². The van der Waals surface area contributed by atoms with E-state index < -0.39 is 0 Å². The van der Waals surface area contributed by atoms with Crippen molar-refractivity contribution in [1.82, 2.24) is 9.80 Å². The van der Waals surface area contributed by atoms with Crippen LogP contribution in [0.4, 0.5) is 0 Å². The average molecular weight is 449 g/mol. The highest BCUT2D eigenvalue weighted by Crippen LogP contribution is 2.20. The largest absolute Gasteiger partial charge is 0.335 e. The highest BCUT2D eigenvalue weighted by atomic mass is 79.9. The van der Waals surface area contributed by atoms with Gasteiger partial charge >= 0.3 is 0 Å². The number of hydrogen-bond acceptors (Lipinski definition) is 2. The molecule has 0 unspecified atom stereocenters. The van der Waals surface area contributed by atoms with E-state index in [4.69, 9.17) is 0 Å². The van der Waals surface area contributed by atoms with Gasteiger partial charge in [-0.15, -0.1) is 0 Å². The van der Waals surface area contributed by atoms with E-state index in [1.165, 1.54) is 0 Å². The quantitative estimate of drug-likeness (QED) is 0.581. The molecule has 0 saturated carbocycles. The van der Waals surface area contributed by atoms with Crippen molar-refractivity contribution in [2.75, 3.05) is 26.2 Å². The molecule has 3 aromatic rings. The molecule has 1 aliphatic heterocycles. The zero-order chi connectivity index (χ0) is 20.2. The van der Waals surface area contributed by atoms with Crippen molar-refractivity contribution in [2.45, 2.75) is 0 Å². The third-order valence-electron chi connectivity index (χ3n) is 5.16. The first-order chi connectivity index (χ1) is 14.1. The van der Waals surface area contributed by atoms with E-state index in [0.717, 1.165) is 15.6 Å². The second-order valence-electron chi connectivity index (χ2n) is 7.04. The van der Waals surface area contributed by atoms with Crippen LogP contribution in [0.5, 0.6) is 0 Å². The van der Waals surface area contributed by atoms with Crippen molar-refractivity contribution in [3.63, 3.8) is 0 Å². The summed E-state index contributed by atoms with van der Waals surface area (Å²) in [6.07, 6.45) is 0. The van der Waals surface area contributed by atoms with Crippen LogP contribution < -0.4 is 0 Å². The van der Waals surface area contributed by atoms with Crippen LogP contribution in [0.3, 0.4) is 0 Å². The van der Waals surface area contributed by atoms with Gasteiger partial charge in [-0.1, -0.05) is 64.5 Å². The monoisotopic (exact) mass is 448 g/mol. The summed E-state index contributed by atoms with van der Waals surface area (Å²) in [7, 11) is 0. The summed E-state index contributed by atoms with van der Waals surface area (Å²) in [5, 5.41) is 0. The molecule has 3 aromatic carbocycles. The topological polar surface area (TPSA) is 40.6 Å². The molecule has 1 saturated heterocycles. The van der Waals surface area contributed by atoms with Crippen molar-refractivity contribution >= 4 is 27.7 Å². The van der Waals surface area contributed by atoms with E-state index in [2.05, 4.69) is 28.1 Å². The summed E-state index contributed by atoms with van der Waals surface area (Å²) in [4.78, 5) is 29.2. The maximum absolute atomic E-state index is 12.9. The second-order valence-corrected chi connectivity index (χ2v) is 7.95. The van der Waals surface area contributed by atoms with Crippen molar-refractivity contribution in [1.29, 1.82) is 0 Å². The maximum Gasteiger partial charge on any atom is 0.254 e. The van der Waals surface area contributed by atoms with Crippen LogP contribution >= 0.6 is 15.9 Å². The Kier molecular flexibility index (Phi) is 5.76. The summed E-state index contributed by atoms with van der Waals surface area (Å²) >= 11 is 3.41. The Hall–Kier alpha value is -2.92. The molecule has 29 heavy (non-hydrogen) atoms. The maximum atomic E-state index is 12.9. The molecule has 0 aromatic heterocycles. The van der Waals surface area contributed by atoms with E-state index in [9.17, 15) is 9.59 Å². The number of carbonyl (C=O) groups is 2. The molecule has 1 heterocycles. The molecule has 2 amide bonds. The first-order valence-corrected chi connectivity index (χ1v) is 10.4. The smallest absolute Gasteiger partial charge is 0.254 e. The highest BCUT2D eigenvalue weighted by Gasteiger charge is 2.25.